The van der Waals surface area contributed by atoms with Crippen molar-refractivity contribution >= 4 is 22.4 Å². The number of thiazole rings is 1. The Hall–Kier alpha value is -1.68. The predicted octanol–water partition coefficient (Wildman–Crippen LogP) is 2.61. The summed E-state index contributed by atoms with van der Waals surface area (Å²) in [6, 6.07) is 8.05. The van der Waals surface area contributed by atoms with E-state index in [1.807, 2.05) is 35.2 Å². The molecule has 0 aliphatic rings. The number of hydrogen-bond donors (Lipinski definition) is 1. The summed E-state index contributed by atoms with van der Waals surface area (Å²) in [6.07, 6.45) is 0.776. The average molecular weight is 215 g/mol. The van der Waals surface area contributed by atoms with Gasteiger partial charge in [-0.3, -0.25) is 0 Å². The van der Waals surface area contributed by atoms with E-state index in [9.17, 15) is 0 Å². The van der Waals surface area contributed by atoms with Gasteiger partial charge in [0.15, 0.2) is 0 Å². The third-order valence-corrected chi connectivity index (χ3v) is 2.91. The van der Waals surface area contributed by atoms with Gasteiger partial charge in [-0.05, 0) is 12.1 Å². The van der Waals surface area contributed by atoms with Gasteiger partial charge in [-0.15, -0.1) is 11.3 Å². The normalized spacial score (nSPS) is 10.9. The van der Waals surface area contributed by atoms with Crippen molar-refractivity contribution in [3.05, 3.63) is 46.7 Å². The van der Waals surface area contributed by atoms with Gasteiger partial charge in [-0.1, -0.05) is 12.1 Å². The monoisotopic (exact) mass is 215 g/mol. The molecule has 4 heteroatoms. The Morgan fingerprint density at radius 2 is 2.20 bits per heavy atom. The Kier molecular flexibility index (Phi) is 1.99. The van der Waals surface area contributed by atoms with E-state index >= 15 is 0 Å². The van der Waals surface area contributed by atoms with Gasteiger partial charge in [0.05, 0.1) is 22.2 Å². The third kappa shape index (κ3) is 1.64. The van der Waals surface area contributed by atoms with Crippen molar-refractivity contribution in [2.24, 2.45) is 0 Å². The fraction of sp³-hybridized carbons (Fsp3) is 0.0909. The second-order valence-corrected chi connectivity index (χ2v) is 4.08. The van der Waals surface area contributed by atoms with Crippen molar-refractivity contribution in [3.63, 3.8) is 0 Å². The van der Waals surface area contributed by atoms with Crippen molar-refractivity contribution in [2.45, 2.75) is 6.42 Å². The zero-order chi connectivity index (χ0) is 10.1. The molecule has 0 bridgehead atoms. The Labute approximate surface area is 90.8 Å². The summed E-state index contributed by atoms with van der Waals surface area (Å²) in [5.74, 6) is 0.974. The quantitative estimate of drug-likeness (QED) is 0.714. The molecule has 0 atom stereocenters. The molecule has 0 saturated heterocycles. The smallest absolute Gasteiger partial charge is 0.113 e. The highest BCUT2D eigenvalue weighted by molar-refractivity contribution is 7.07. The summed E-state index contributed by atoms with van der Waals surface area (Å²) in [5.41, 5.74) is 5.02. The molecule has 0 spiro atoms. The molecule has 3 nitrogen and oxygen atoms in total. The van der Waals surface area contributed by atoms with Crippen LogP contribution in [0.25, 0.3) is 11.0 Å². The molecule has 15 heavy (non-hydrogen) atoms. The number of para-hydroxylation sites is 2. The van der Waals surface area contributed by atoms with Gasteiger partial charge in [-0.25, -0.2) is 9.97 Å². The third-order valence-electron chi connectivity index (χ3n) is 2.27. The van der Waals surface area contributed by atoms with E-state index in [-0.39, 0.29) is 0 Å². The number of H-pyrrole nitrogens is 1. The molecule has 0 aliphatic carbocycles. The van der Waals surface area contributed by atoms with E-state index < -0.39 is 0 Å². The number of rotatable bonds is 2. The van der Waals surface area contributed by atoms with Crippen LogP contribution in [0.1, 0.15) is 11.5 Å². The standard InChI is InChI=1S/C11H9N3S/c1-2-4-10-9(3-1)13-11(14-10)5-8-6-15-7-12-8/h1-4,6-7H,5H2,(H,13,14). The SMILES string of the molecule is c1ccc2[nH]c(Cc3cscn3)nc2c1. The summed E-state index contributed by atoms with van der Waals surface area (Å²) in [4.78, 5) is 12.0. The average Bonchev–Trinajstić information content (AvgIpc) is 2.86. The molecule has 0 unspecified atom stereocenters. The van der Waals surface area contributed by atoms with Crippen LogP contribution >= 0.6 is 11.3 Å². The van der Waals surface area contributed by atoms with Crippen LogP contribution in [0.4, 0.5) is 0 Å². The summed E-state index contributed by atoms with van der Waals surface area (Å²) < 4.78 is 0. The van der Waals surface area contributed by atoms with Gasteiger partial charge in [0, 0.05) is 11.8 Å². The molecule has 3 aromatic rings. The maximum atomic E-state index is 4.50. The molecule has 3 rings (SSSR count). The van der Waals surface area contributed by atoms with Crippen molar-refractivity contribution in [2.75, 3.05) is 0 Å². The number of aromatic amines is 1. The number of nitrogens with zero attached hydrogens (tertiary/aromatic N) is 2. The van der Waals surface area contributed by atoms with Crippen molar-refractivity contribution in [3.8, 4) is 0 Å². The van der Waals surface area contributed by atoms with E-state index in [0.29, 0.717) is 0 Å². The fourth-order valence-electron chi connectivity index (χ4n) is 1.59. The molecule has 0 radical (unpaired) electrons. The first-order valence-electron chi connectivity index (χ1n) is 4.72. The highest BCUT2D eigenvalue weighted by atomic mass is 32.1. The van der Waals surface area contributed by atoms with Gasteiger partial charge in [0.25, 0.3) is 0 Å². The first-order valence-corrected chi connectivity index (χ1v) is 5.67. The lowest BCUT2D eigenvalue weighted by atomic mass is 10.3. The van der Waals surface area contributed by atoms with Crippen LogP contribution in [-0.2, 0) is 6.42 Å². The second kappa shape index (κ2) is 3.47. The van der Waals surface area contributed by atoms with Crippen LogP contribution in [0.15, 0.2) is 35.2 Å². The molecular weight excluding hydrogens is 206 g/mol. The van der Waals surface area contributed by atoms with E-state index in [0.717, 1.165) is 29.0 Å². The Morgan fingerprint density at radius 1 is 1.27 bits per heavy atom. The number of aromatic nitrogens is 3. The lowest BCUT2D eigenvalue weighted by molar-refractivity contribution is 1.00. The van der Waals surface area contributed by atoms with E-state index in [2.05, 4.69) is 15.0 Å². The van der Waals surface area contributed by atoms with E-state index in [1.54, 1.807) is 11.3 Å². The minimum Gasteiger partial charge on any atom is -0.342 e. The van der Waals surface area contributed by atoms with Crippen molar-refractivity contribution in [1.82, 2.24) is 15.0 Å². The Morgan fingerprint density at radius 3 is 3.00 bits per heavy atom. The van der Waals surface area contributed by atoms with Gasteiger partial charge < -0.3 is 4.98 Å². The highest BCUT2D eigenvalue weighted by Crippen LogP contribution is 2.13. The Bertz CT molecular complexity index is 535. The van der Waals surface area contributed by atoms with E-state index in [4.69, 9.17) is 0 Å². The lowest BCUT2D eigenvalue weighted by Crippen LogP contribution is -1.89. The summed E-state index contributed by atoms with van der Waals surface area (Å²) in [6.45, 7) is 0. The van der Waals surface area contributed by atoms with Gasteiger partial charge in [-0.2, -0.15) is 0 Å². The number of hydrogen-bond acceptors (Lipinski definition) is 3. The van der Waals surface area contributed by atoms with Crippen LogP contribution in [0.2, 0.25) is 0 Å². The topological polar surface area (TPSA) is 41.6 Å². The molecule has 2 aromatic heterocycles. The second-order valence-electron chi connectivity index (χ2n) is 3.36. The van der Waals surface area contributed by atoms with Crippen molar-refractivity contribution in [1.29, 1.82) is 0 Å². The van der Waals surface area contributed by atoms with Gasteiger partial charge in [0.2, 0.25) is 0 Å². The van der Waals surface area contributed by atoms with Crippen LogP contribution in [-0.4, -0.2) is 15.0 Å². The molecule has 0 saturated carbocycles. The van der Waals surface area contributed by atoms with Crippen LogP contribution in [0, 0.1) is 0 Å². The Balaban J connectivity index is 1.98. The van der Waals surface area contributed by atoms with E-state index in [1.165, 1.54) is 0 Å². The maximum absolute atomic E-state index is 4.50. The van der Waals surface area contributed by atoms with Gasteiger partial charge >= 0.3 is 0 Å². The molecule has 0 aliphatic heterocycles. The first kappa shape index (κ1) is 8.61. The zero-order valence-electron chi connectivity index (χ0n) is 7.97. The molecule has 74 valence electrons. The maximum Gasteiger partial charge on any atom is 0.113 e. The van der Waals surface area contributed by atoms with Crippen LogP contribution < -0.4 is 0 Å². The predicted molar refractivity (Wildman–Crippen MR) is 61.0 cm³/mol. The minimum atomic E-state index is 0.776. The van der Waals surface area contributed by atoms with Crippen molar-refractivity contribution < 1.29 is 0 Å². The summed E-state index contributed by atoms with van der Waals surface area (Å²) in [5, 5.41) is 2.05. The molecule has 0 amide bonds. The number of fused-ring (bicyclic) bond motifs is 1. The van der Waals surface area contributed by atoms with Crippen LogP contribution in [0.3, 0.4) is 0 Å². The molecule has 1 aromatic carbocycles. The number of nitrogens with one attached hydrogen (secondary N) is 1. The van der Waals surface area contributed by atoms with Crippen LogP contribution in [0.5, 0.6) is 0 Å². The largest absolute Gasteiger partial charge is 0.342 e. The lowest BCUT2D eigenvalue weighted by Gasteiger charge is -1.89. The zero-order valence-corrected chi connectivity index (χ0v) is 8.79. The number of benzene rings is 1. The minimum absolute atomic E-state index is 0.776. The molecule has 1 N–H and O–H groups in total. The molecule has 0 fully saturated rings. The molecule has 2 heterocycles. The van der Waals surface area contributed by atoms with Gasteiger partial charge in [0.1, 0.15) is 5.82 Å². The highest BCUT2D eigenvalue weighted by Gasteiger charge is 2.03. The summed E-state index contributed by atoms with van der Waals surface area (Å²) >= 11 is 1.61. The summed E-state index contributed by atoms with van der Waals surface area (Å²) in [7, 11) is 0. The first-order chi connectivity index (χ1) is 7.42. The number of imidazole rings is 1. The molecular formula is C11H9N3S. The fourth-order valence-corrected chi connectivity index (χ4v) is 2.14.